The second-order valence-corrected chi connectivity index (χ2v) is 5.37. The molecule has 8 nitrogen and oxygen atoms in total. The molecule has 0 unspecified atom stereocenters. The maximum Gasteiger partial charge on any atom is 0.327 e. The van der Waals surface area contributed by atoms with Crippen LogP contribution < -0.4 is 5.32 Å². The molecule has 1 saturated heterocycles. The van der Waals surface area contributed by atoms with E-state index in [1.54, 1.807) is 0 Å². The molecular formula is C14H20N4O4. The Kier molecular flexibility index (Phi) is 4.79. The van der Waals surface area contributed by atoms with Crippen molar-refractivity contribution in [3.8, 4) is 0 Å². The Labute approximate surface area is 128 Å². The lowest BCUT2D eigenvalue weighted by atomic mass is 10.1. The summed E-state index contributed by atoms with van der Waals surface area (Å²) in [6, 6.07) is -0.434. The first-order valence-electron chi connectivity index (χ1n) is 7.14. The van der Waals surface area contributed by atoms with Gasteiger partial charge >= 0.3 is 6.03 Å². The fraction of sp³-hybridized carbons (Fsp3) is 0.571. The molecule has 22 heavy (non-hydrogen) atoms. The highest BCUT2D eigenvalue weighted by Crippen LogP contribution is 2.13. The summed E-state index contributed by atoms with van der Waals surface area (Å²) in [6.45, 7) is 4.00. The molecule has 1 N–H and O–H groups in total. The number of hydrogen-bond acceptors (Lipinski definition) is 5. The zero-order valence-corrected chi connectivity index (χ0v) is 13.0. The maximum atomic E-state index is 11.8. The van der Waals surface area contributed by atoms with Gasteiger partial charge in [0.25, 0.3) is 5.91 Å². The van der Waals surface area contributed by atoms with Gasteiger partial charge in [-0.05, 0) is 26.7 Å². The number of carbonyl (C=O) groups excluding carboxylic acids is 3. The van der Waals surface area contributed by atoms with Crippen LogP contribution in [0.3, 0.4) is 0 Å². The molecule has 2 heterocycles. The molecule has 4 amide bonds. The van der Waals surface area contributed by atoms with Gasteiger partial charge in [-0.2, -0.15) is 0 Å². The summed E-state index contributed by atoms with van der Waals surface area (Å²) in [4.78, 5) is 37.2. The van der Waals surface area contributed by atoms with Crippen LogP contribution in [0.2, 0.25) is 0 Å². The molecule has 0 radical (unpaired) electrons. The van der Waals surface area contributed by atoms with Gasteiger partial charge in [0.2, 0.25) is 5.91 Å². The molecule has 0 bridgehead atoms. The van der Waals surface area contributed by atoms with Gasteiger partial charge in [-0.15, -0.1) is 0 Å². The van der Waals surface area contributed by atoms with Crippen molar-refractivity contribution >= 4 is 17.8 Å². The van der Waals surface area contributed by atoms with E-state index in [1.807, 2.05) is 13.8 Å². The minimum Gasteiger partial charge on any atom is -0.361 e. The Hall–Kier alpha value is -2.38. The molecule has 0 atom stereocenters. The SMILES string of the molecule is Cc1noc(C)c1CCCNC(=O)CN1C(=O)CN(C)C1=O. The molecule has 1 aliphatic heterocycles. The van der Waals surface area contributed by atoms with Gasteiger partial charge in [0.1, 0.15) is 18.8 Å². The molecule has 1 fully saturated rings. The molecule has 1 aromatic rings. The molecule has 2 rings (SSSR count). The van der Waals surface area contributed by atoms with Crippen LogP contribution in [0.4, 0.5) is 4.79 Å². The third-order valence-corrected chi connectivity index (χ3v) is 3.64. The molecule has 8 heteroatoms. The summed E-state index contributed by atoms with van der Waals surface area (Å²) >= 11 is 0. The van der Waals surface area contributed by atoms with Gasteiger partial charge < -0.3 is 14.7 Å². The molecule has 120 valence electrons. The van der Waals surface area contributed by atoms with Gasteiger partial charge in [-0.1, -0.05) is 5.16 Å². The van der Waals surface area contributed by atoms with Crippen molar-refractivity contribution in [2.45, 2.75) is 26.7 Å². The van der Waals surface area contributed by atoms with Gasteiger partial charge in [-0.3, -0.25) is 14.5 Å². The van der Waals surface area contributed by atoms with Crippen LogP contribution in [0.25, 0.3) is 0 Å². The zero-order chi connectivity index (χ0) is 16.3. The van der Waals surface area contributed by atoms with Crippen LogP contribution >= 0.6 is 0 Å². The highest BCUT2D eigenvalue weighted by molar-refractivity contribution is 6.04. The predicted octanol–water partition coefficient (Wildman–Crippen LogP) is 0.234. The maximum absolute atomic E-state index is 11.8. The van der Waals surface area contributed by atoms with Crippen molar-refractivity contribution in [2.75, 3.05) is 26.7 Å². The second kappa shape index (κ2) is 6.59. The third-order valence-electron chi connectivity index (χ3n) is 3.64. The highest BCUT2D eigenvalue weighted by Gasteiger charge is 2.34. The van der Waals surface area contributed by atoms with Crippen molar-refractivity contribution in [1.82, 2.24) is 20.3 Å². The van der Waals surface area contributed by atoms with Gasteiger partial charge in [0.15, 0.2) is 0 Å². The van der Waals surface area contributed by atoms with E-state index in [9.17, 15) is 14.4 Å². The standard InChI is InChI=1S/C14H20N4O4/c1-9-11(10(2)22-16-9)5-4-6-15-12(19)7-18-13(20)8-17(3)14(18)21/h4-8H2,1-3H3,(H,15,19). The van der Waals surface area contributed by atoms with Crippen LogP contribution in [-0.2, 0) is 16.0 Å². The molecule has 0 spiro atoms. The number of aryl methyl sites for hydroxylation is 2. The van der Waals surface area contributed by atoms with Crippen molar-refractivity contribution in [3.05, 3.63) is 17.0 Å². The Morgan fingerprint density at radius 1 is 1.36 bits per heavy atom. The Morgan fingerprint density at radius 2 is 2.09 bits per heavy atom. The van der Waals surface area contributed by atoms with E-state index >= 15 is 0 Å². The number of nitrogens with zero attached hydrogens (tertiary/aromatic N) is 3. The monoisotopic (exact) mass is 308 g/mol. The van der Waals surface area contributed by atoms with E-state index in [-0.39, 0.29) is 24.9 Å². The summed E-state index contributed by atoms with van der Waals surface area (Å²) in [5, 5.41) is 6.59. The number of imide groups is 1. The number of urea groups is 1. The third kappa shape index (κ3) is 3.44. The van der Waals surface area contributed by atoms with Crippen LogP contribution in [-0.4, -0.2) is 59.5 Å². The molecule has 0 aromatic carbocycles. The molecule has 1 aromatic heterocycles. The van der Waals surface area contributed by atoms with E-state index in [2.05, 4.69) is 10.5 Å². The number of aromatic nitrogens is 1. The van der Waals surface area contributed by atoms with Gasteiger partial charge in [-0.25, -0.2) is 4.79 Å². The molecule has 1 aliphatic rings. The lowest BCUT2D eigenvalue weighted by Gasteiger charge is -2.13. The lowest BCUT2D eigenvalue weighted by Crippen LogP contribution is -2.41. The molecular weight excluding hydrogens is 288 g/mol. The largest absolute Gasteiger partial charge is 0.361 e. The van der Waals surface area contributed by atoms with Gasteiger partial charge in [0, 0.05) is 19.2 Å². The van der Waals surface area contributed by atoms with Crippen molar-refractivity contribution in [3.63, 3.8) is 0 Å². The predicted molar refractivity (Wildman–Crippen MR) is 77.0 cm³/mol. The van der Waals surface area contributed by atoms with Crippen LogP contribution in [0.5, 0.6) is 0 Å². The topological polar surface area (TPSA) is 95.8 Å². The lowest BCUT2D eigenvalue weighted by molar-refractivity contribution is -0.130. The molecule has 0 aliphatic carbocycles. The zero-order valence-electron chi connectivity index (χ0n) is 13.0. The van der Waals surface area contributed by atoms with Crippen LogP contribution in [0.1, 0.15) is 23.4 Å². The van der Waals surface area contributed by atoms with E-state index in [4.69, 9.17) is 4.52 Å². The summed E-state index contributed by atoms with van der Waals surface area (Å²) < 4.78 is 5.07. The quantitative estimate of drug-likeness (QED) is 0.599. The first-order chi connectivity index (χ1) is 10.4. The van der Waals surface area contributed by atoms with Crippen molar-refractivity contribution in [2.24, 2.45) is 0 Å². The number of nitrogens with one attached hydrogen (secondary N) is 1. The van der Waals surface area contributed by atoms with E-state index in [0.29, 0.717) is 6.54 Å². The van der Waals surface area contributed by atoms with E-state index in [0.717, 1.165) is 34.8 Å². The number of likely N-dealkylation sites (N-methyl/N-ethyl adjacent to an activating group) is 1. The van der Waals surface area contributed by atoms with Crippen LogP contribution in [0, 0.1) is 13.8 Å². The van der Waals surface area contributed by atoms with Gasteiger partial charge in [0.05, 0.1) is 5.69 Å². The summed E-state index contributed by atoms with van der Waals surface area (Å²) in [5.74, 6) is 0.106. The first-order valence-corrected chi connectivity index (χ1v) is 7.14. The fourth-order valence-electron chi connectivity index (χ4n) is 2.38. The first kappa shape index (κ1) is 16.0. The fourth-order valence-corrected chi connectivity index (χ4v) is 2.38. The summed E-state index contributed by atoms with van der Waals surface area (Å²) in [7, 11) is 1.53. The number of carbonyl (C=O) groups is 3. The minimum atomic E-state index is -0.434. The number of hydrogen-bond donors (Lipinski definition) is 1. The Bertz CT molecular complexity index is 576. The average molecular weight is 308 g/mol. The molecule has 0 saturated carbocycles. The average Bonchev–Trinajstić information content (AvgIpc) is 2.90. The number of amides is 4. The minimum absolute atomic E-state index is 0.0259. The number of rotatable bonds is 6. The summed E-state index contributed by atoms with van der Waals surface area (Å²) in [6.07, 6.45) is 1.49. The Morgan fingerprint density at radius 3 is 2.64 bits per heavy atom. The van der Waals surface area contributed by atoms with Crippen LogP contribution in [0.15, 0.2) is 4.52 Å². The van der Waals surface area contributed by atoms with Crippen molar-refractivity contribution < 1.29 is 18.9 Å². The van der Waals surface area contributed by atoms with E-state index < -0.39 is 6.03 Å². The summed E-state index contributed by atoms with van der Waals surface area (Å²) in [5.41, 5.74) is 1.92. The smallest absolute Gasteiger partial charge is 0.327 e. The Balaban J connectivity index is 1.72. The van der Waals surface area contributed by atoms with Crippen molar-refractivity contribution in [1.29, 1.82) is 0 Å². The van der Waals surface area contributed by atoms with E-state index in [1.165, 1.54) is 11.9 Å². The highest BCUT2D eigenvalue weighted by atomic mass is 16.5. The normalized spacial score (nSPS) is 14.9. The second-order valence-electron chi connectivity index (χ2n) is 5.37.